The number of carbonyl (C=O) groups excluding carboxylic acids is 1. The molecular formula is C14H24N2O2S. The van der Waals surface area contributed by atoms with E-state index in [9.17, 15) is 4.79 Å². The number of anilines is 2. The summed E-state index contributed by atoms with van der Waals surface area (Å²) in [6.07, 6.45) is 0.0305. The predicted octanol–water partition coefficient (Wildman–Crippen LogP) is 3.41. The molecule has 0 amide bonds. The van der Waals surface area contributed by atoms with E-state index in [-0.39, 0.29) is 11.9 Å². The molecule has 0 aliphatic rings. The number of thiophene rings is 1. The minimum atomic E-state index is -0.0136. The molecule has 108 valence electrons. The summed E-state index contributed by atoms with van der Waals surface area (Å²) < 4.78 is 5.80. The number of nitrogens with two attached hydrogens (primary N) is 1. The van der Waals surface area contributed by atoms with Gasteiger partial charge in [0.05, 0.1) is 16.7 Å². The van der Waals surface area contributed by atoms with Gasteiger partial charge in [0, 0.05) is 20.5 Å². The van der Waals surface area contributed by atoms with Crippen molar-refractivity contribution < 1.29 is 9.53 Å². The number of rotatable bonds is 6. The lowest BCUT2D eigenvalue weighted by atomic mass is 10.2. The van der Waals surface area contributed by atoms with E-state index in [1.165, 1.54) is 18.3 Å². The van der Waals surface area contributed by atoms with Crippen molar-refractivity contribution in [1.82, 2.24) is 0 Å². The SMILES string of the molecule is CC(=O)c1sc(N(C)CC(C)C)c(OC(C)C)c1N. The molecule has 0 spiro atoms. The quantitative estimate of drug-likeness (QED) is 0.813. The molecule has 0 aliphatic carbocycles. The Kier molecular flexibility index (Phi) is 5.23. The summed E-state index contributed by atoms with van der Waals surface area (Å²) in [6.45, 7) is 10.7. The number of nitrogen functional groups attached to an aromatic ring is 1. The summed E-state index contributed by atoms with van der Waals surface area (Å²) in [5, 5.41) is 0.935. The van der Waals surface area contributed by atoms with Crippen LogP contribution in [0, 0.1) is 5.92 Å². The average molecular weight is 284 g/mol. The lowest BCUT2D eigenvalue weighted by Crippen LogP contribution is -2.22. The summed E-state index contributed by atoms with van der Waals surface area (Å²) in [5.41, 5.74) is 6.53. The molecule has 19 heavy (non-hydrogen) atoms. The van der Waals surface area contributed by atoms with Crippen molar-refractivity contribution in [3.8, 4) is 5.75 Å². The van der Waals surface area contributed by atoms with Gasteiger partial charge in [-0.05, 0) is 19.8 Å². The number of ether oxygens (including phenoxy) is 1. The molecule has 1 rings (SSSR count). The van der Waals surface area contributed by atoms with Crippen LogP contribution in [0.3, 0.4) is 0 Å². The van der Waals surface area contributed by atoms with Crippen LogP contribution in [-0.4, -0.2) is 25.5 Å². The Labute approximate surface area is 119 Å². The molecule has 4 nitrogen and oxygen atoms in total. The van der Waals surface area contributed by atoms with Gasteiger partial charge in [0.15, 0.2) is 11.5 Å². The number of hydrogen-bond acceptors (Lipinski definition) is 5. The smallest absolute Gasteiger partial charge is 0.177 e. The standard InChI is InChI=1S/C14H24N2O2S/c1-8(2)7-16(6)14-12(18-9(3)4)11(15)13(19-14)10(5)17/h8-9H,7,15H2,1-6H3. The average Bonchev–Trinajstić information content (AvgIpc) is 2.55. The molecule has 5 heteroatoms. The van der Waals surface area contributed by atoms with Crippen molar-refractivity contribution >= 4 is 27.8 Å². The summed E-state index contributed by atoms with van der Waals surface area (Å²) in [4.78, 5) is 14.3. The van der Waals surface area contributed by atoms with Crippen LogP contribution in [0.15, 0.2) is 0 Å². The Morgan fingerprint density at radius 1 is 1.37 bits per heavy atom. The highest BCUT2D eigenvalue weighted by atomic mass is 32.1. The molecule has 0 radical (unpaired) electrons. The second kappa shape index (κ2) is 6.28. The van der Waals surface area contributed by atoms with Crippen LogP contribution in [0.4, 0.5) is 10.7 Å². The van der Waals surface area contributed by atoms with Gasteiger partial charge in [0.1, 0.15) is 5.00 Å². The fourth-order valence-electron chi connectivity index (χ4n) is 1.91. The van der Waals surface area contributed by atoms with E-state index in [2.05, 4.69) is 18.7 Å². The predicted molar refractivity (Wildman–Crippen MR) is 82.6 cm³/mol. The van der Waals surface area contributed by atoms with Crippen molar-refractivity contribution in [2.75, 3.05) is 24.2 Å². The fraction of sp³-hybridized carbons (Fsp3) is 0.643. The Hall–Kier alpha value is -1.23. The van der Waals surface area contributed by atoms with E-state index in [0.717, 1.165) is 11.5 Å². The third-order valence-corrected chi connectivity index (χ3v) is 3.94. The summed E-state index contributed by atoms with van der Waals surface area (Å²) in [6, 6.07) is 0. The molecule has 0 aromatic carbocycles. The Balaban J connectivity index is 3.20. The van der Waals surface area contributed by atoms with Gasteiger partial charge in [0.25, 0.3) is 0 Å². The first-order chi connectivity index (χ1) is 8.73. The second-order valence-electron chi connectivity index (χ2n) is 5.48. The van der Waals surface area contributed by atoms with Crippen LogP contribution >= 0.6 is 11.3 Å². The Morgan fingerprint density at radius 2 is 1.95 bits per heavy atom. The first-order valence-corrected chi connectivity index (χ1v) is 7.36. The van der Waals surface area contributed by atoms with Gasteiger partial charge in [-0.3, -0.25) is 4.79 Å². The van der Waals surface area contributed by atoms with Gasteiger partial charge in [-0.25, -0.2) is 0 Å². The Morgan fingerprint density at radius 3 is 2.37 bits per heavy atom. The highest BCUT2D eigenvalue weighted by molar-refractivity contribution is 7.19. The monoisotopic (exact) mass is 284 g/mol. The van der Waals surface area contributed by atoms with Crippen LogP contribution < -0.4 is 15.4 Å². The fourth-order valence-corrected chi connectivity index (χ4v) is 2.93. The zero-order valence-electron chi connectivity index (χ0n) is 12.6. The molecule has 1 aromatic heterocycles. The molecule has 0 atom stereocenters. The maximum absolute atomic E-state index is 11.6. The maximum atomic E-state index is 11.6. The van der Waals surface area contributed by atoms with Crippen molar-refractivity contribution in [3.05, 3.63) is 4.88 Å². The van der Waals surface area contributed by atoms with Gasteiger partial charge >= 0.3 is 0 Å². The minimum Gasteiger partial charge on any atom is -0.486 e. The normalized spacial score (nSPS) is 11.2. The number of hydrogen-bond donors (Lipinski definition) is 1. The molecular weight excluding hydrogens is 260 g/mol. The van der Waals surface area contributed by atoms with Crippen molar-refractivity contribution in [3.63, 3.8) is 0 Å². The van der Waals surface area contributed by atoms with Crippen molar-refractivity contribution in [2.24, 2.45) is 5.92 Å². The largest absolute Gasteiger partial charge is 0.486 e. The van der Waals surface area contributed by atoms with Crippen molar-refractivity contribution in [2.45, 2.75) is 40.7 Å². The number of nitrogens with zero attached hydrogens (tertiary/aromatic N) is 1. The third-order valence-electron chi connectivity index (χ3n) is 2.54. The van der Waals surface area contributed by atoms with Crippen molar-refractivity contribution in [1.29, 1.82) is 0 Å². The number of carbonyl (C=O) groups is 1. The highest BCUT2D eigenvalue weighted by Gasteiger charge is 2.23. The van der Waals surface area contributed by atoms with Gasteiger partial charge in [-0.15, -0.1) is 11.3 Å². The molecule has 0 saturated heterocycles. The van der Waals surface area contributed by atoms with Gasteiger partial charge < -0.3 is 15.4 Å². The van der Waals surface area contributed by atoms with Crippen LogP contribution in [-0.2, 0) is 0 Å². The molecule has 1 heterocycles. The van der Waals surface area contributed by atoms with Gasteiger partial charge in [-0.2, -0.15) is 0 Å². The maximum Gasteiger partial charge on any atom is 0.177 e. The number of ketones is 1. The molecule has 2 N–H and O–H groups in total. The van der Waals surface area contributed by atoms with Crippen LogP contribution in [0.1, 0.15) is 44.3 Å². The van der Waals surface area contributed by atoms with E-state index < -0.39 is 0 Å². The molecule has 0 saturated carbocycles. The highest BCUT2D eigenvalue weighted by Crippen LogP contribution is 2.45. The van der Waals surface area contributed by atoms with E-state index in [4.69, 9.17) is 10.5 Å². The van der Waals surface area contributed by atoms with Gasteiger partial charge in [0.2, 0.25) is 0 Å². The van der Waals surface area contributed by atoms with E-state index in [0.29, 0.717) is 22.2 Å². The van der Waals surface area contributed by atoms with Crippen LogP contribution in [0.25, 0.3) is 0 Å². The summed E-state index contributed by atoms with van der Waals surface area (Å²) in [5.74, 6) is 1.16. The van der Waals surface area contributed by atoms with Crippen LogP contribution in [0.2, 0.25) is 0 Å². The molecule has 0 aliphatic heterocycles. The molecule has 0 bridgehead atoms. The number of Topliss-reactive ketones (excluding diaryl/α,β-unsaturated/α-hetero) is 1. The summed E-state index contributed by atoms with van der Waals surface area (Å²) >= 11 is 1.41. The van der Waals surface area contributed by atoms with Gasteiger partial charge in [-0.1, -0.05) is 13.8 Å². The zero-order chi connectivity index (χ0) is 14.7. The molecule has 0 fully saturated rings. The lowest BCUT2D eigenvalue weighted by molar-refractivity contribution is 0.102. The third kappa shape index (κ3) is 3.86. The van der Waals surface area contributed by atoms with Crippen LogP contribution in [0.5, 0.6) is 5.75 Å². The second-order valence-corrected chi connectivity index (χ2v) is 6.48. The van der Waals surface area contributed by atoms with E-state index in [1.807, 2.05) is 20.9 Å². The zero-order valence-corrected chi connectivity index (χ0v) is 13.4. The van der Waals surface area contributed by atoms with E-state index >= 15 is 0 Å². The molecule has 1 aromatic rings. The first-order valence-electron chi connectivity index (χ1n) is 6.55. The lowest BCUT2D eigenvalue weighted by Gasteiger charge is -2.22. The summed E-state index contributed by atoms with van der Waals surface area (Å²) in [7, 11) is 2.00. The molecule has 0 unspecified atom stereocenters. The first kappa shape index (κ1) is 15.8. The topological polar surface area (TPSA) is 55.6 Å². The minimum absolute atomic E-state index is 0.0136. The Bertz CT molecular complexity index is 453. The van der Waals surface area contributed by atoms with E-state index in [1.54, 1.807) is 0 Å².